The van der Waals surface area contributed by atoms with Crippen LogP contribution in [0.25, 0.3) is 31.8 Å². The fourth-order valence-corrected chi connectivity index (χ4v) is 4.92. The molecule has 3 aromatic heterocycles. The molecule has 2 atom stereocenters. The molecule has 0 aliphatic rings. The van der Waals surface area contributed by atoms with E-state index in [0.29, 0.717) is 43.6 Å². The maximum Gasteiger partial charge on any atom is 0.412 e. The summed E-state index contributed by atoms with van der Waals surface area (Å²) in [6.45, 7) is 7.00. The molecule has 0 aliphatic heterocycles. The van der Waals surface area contributed by atoms with Crippen LogP contribution in [0.1, 0.15) is 25.2 Å². The number of halogens is 1. The molecule has 41 heavy (non-hydrogen) atoms. The standard InChI is InChI=1S/C28H27FN6O5S/c1-14-7-19(26-22(8-14)34-25(13-32-26)38-6-5-36)27-35-21-9-20(29)23(10-24(21)41-27)39-15(2)16(3)40-28(37)33-18-11-30-17(4)31-12-18/h7-13,15-16,36H,5-6H2,1-4H3,(H,33,37)/t15-,16+/m0/s1. The number of aromatic nitrogens is 5. The van der Waals surface area contributed by atoms with Crippen molar-refractivity contribution in [3.8, 4) is 22.2 Å². The number of benzene rings is 2. The van der Waals surface area contributed by atoms with Crippen molar-refractivity contribution in [1.82, 2.24) is 24.9 Å². The fraction of sp³-hybridized carbons (Fsp3) is 0.286. The van der Waals surface area contributed by atoms with Gasteiger partial charge in [-0.05, 0) is 45.4 Å². The van der Waals surface area contributed by atoms with Crippen LogP contribution in [0, 0.1) is 19.7 Å². The van der Waals surface area contributed by atoms with Crippen LogP contribution >= 0.6 is 11.3 Å². The lowest BCUT2D eigenvalue weighted by Crippen LogP contribution is -2.32. The second kappa shape index (κ2) is 11.9. The Kier molecular flexibility index (Phi) is 8.17. The molecule has 1 amide bonds. The zero-order valence-electron chi connectivity index (χ0n) is 22.7. The molecule has 0 aliphatic carbocycles. The highest BCUT2D eigenvalue weighted by atomic mass is 32.1. The van der Waals surface area contributed by atoms with Crippen LogP contribution in [-0.2, 0) is 4.74 Å². The van der Waals surface area contributed by atoms with Crippen molar-refractivity contribution in [3.05, 3.63) is 60.1 Å². The van der Waals surface area contributed by atoms with Gasteiger partial charge < -0.3 is 19.3 Å². The van der Waals surface area contributed by atoms with Crippen LogP contribution in [0.2, 0.25) is 0 Å². The quantitative estimate of drug-likeness (QED) is 0.239. The lowest BCUT2D eigenvalue weighted by atomic mass is 10.1. The van der Waals surface area contributed by atoms with Crippen LogP contribution in [0.3, 0.4) is 0 Å². The molecule has 0 bridgehead atoms. The number of aliphatic hydroxyl groups is 1. The summed E-state index contributed by atoms with van der Waals surface area (Å²) in [7, 11) is 0. The Balaban J connectivity index is 1.34. The zero-order valence-corrected chi connectivity index (χ0v) is 23.5. The summed E-state index contributed by atoms with van der Waals surface area (Å²) in [6, 6.07) is 6.74. The van der Waals surface area contributed by atoms with Crippen molar-refractivity contribution in [3.63, 3.8) is 0 Å². The first kappa shape index (κ1) is 28.1. The second-order valence-electron chi connectivity index (χ2n) is 9.31. The molecule has 0 fully saturated rings. The van der Waals surface area contributed by atoms with Gasteiger partial charge in [0.1, 0.15) is 29.6 Å². The normalized spacial score (nSPS) is 12.7. The molecule has 0 saturated carbocycles. The van der Waals surface area contributed by atoms with Gasteiger partial charge in [-0.2, -0.15) is 0 Å². The molecule has 13 heteroatoms. The largest absolute Gasteiger partial charge is 0.484 e. The number of thiazole rings is 1. The summed E-state index contributed by atoms with van der Waals surface area (Å²) in [5, 5.41) is 12.2. The number of nitrogens with one attached hydrogen (secondary N) is 1. The first-order valence-electron chi connectivity index (χ1n) is 12.7. The number of carbonyl (C=O) groups excluding carboxylic acids is 1. The van der Waals surface area contributed by atoms with E-state index in [1.54, 1.807) is 26.8 Å². The summed E-state index contributed by atoms with van der Waals surface area (Å²) >= 11 is 1.37. The smallest absolute Gasteiger partial charge is 0.412 e. The third-order valence-corrected chi connectivity index (χ3v) is 7.13. The molecule has 11 nitrogen and oxygen atoms in total. The Morgan fingerprint density at radius 1 is 1.02 bits per heavy atom. The molecule has 212 valence electrons. The third-order valence-electron chi connectivity index (χ3n) is 6.08. The molecule has 0 saturated heterocycles. The van der Waals surface area contributed by atoms with E-state index in [2.05, 4.69) is 30.2 Å². The lowest BCUT2D eigenvalue weighted by Gasteiger charge is -2.22. The van der Waals surface area contributed by atoms with Crippen LogP contribution in [0.15, 0.2) is 42.9 Å². The molecule has 0 spiro atoms. The number of aryl methyl sites for hydroxylation is 2. The second-order valence-corrected chi connectivity index (χ2v) is 10.3. The van der Waals surface area contributed by atoms with Gasteiger partial charge in [0.15, 0.2) is 11.6 Å². The predicted molar refractivity (Wildman–Crippen MR) is 152 cm³/mol. The molecule has 5 rings (SSSR count). The minimum absolute atomic E-state index is 0.0163. The monoisotopic (exact) mass is 578 g/mol. The van der Waals surface area contributed by atoms with Crippen LogP contribution in [0.4, 0.5) is 14.9 Å². The van der Waals surface area contributed by atoms with Crippen LogP contribution < -0.4 is 14.8 Å². The highest BCUT2D eigenvalue weighted by Crippen LogP contribution is 2.37. The van der Waals surface area contributed by atoms with Gasteiger partial charge in [0.05, 0.1) is 52.1 Å². The Morgan fingerprint density at radius 3 is 2.56 bits per heavy atom. The number of anilines is 1. The highest BCUT2D eigenvalue weighted by molar-refractivity contribution is 7.21. The number of hydrogen-bond acceptors (Lipinski definition) is 11. The number of fused-ring (bicyclic) bond motifs is 2. The van der Waals surface area contributed by atoms with E-state index in [-0.39, 0.29) is 19.0 Å². The van der Waals surface area contributed by atoms with Gasteiger partial charge in [-0.3, -0.25) is 5.32 Å². The highest BCUT2D eigenvalue weighted by Gasteiger charge is 2.22. The summed E-state index contributed by atoms with van der Waals surface area (Å²) in [5.74, 6) is 0.313. The number of hydrogen-bond donors (Lipinski definition) is 2. The third kappa shape index (κ3) is 6.47. The van der Waals surface area contributed by atoms with Gasteiger partial charge in [-0.25, -0.2) is 34.1 Å². The first-order valence-corrected chi connectivity index (χ1v) is 13.6. The van der Waals surface area contributed by atoms with E-state index < -0.39 is 24.1 Å². The lowest BCUT2D eigenvalue weighted by molar-refractivity contribution is 0.0402. The minimum atomic E-state index is -0.705. The number of rotatable bonds is 9. The van der Waals surface area contributed by atoms with Gasteiger partial charge in [0, 0.05) is 17.7 Å². The Morgan fingerprint density at radius 2 is 1.80 bits per heavy atom. The molecule has 2 aromatic carbocycles. The summed E-state index contributed by atoms with van der Waals surface area (Å²) in [4.78, 5) is 34.0. The number of amides is 1. The van der Waals surface area contributed by atoms with Gasteiger partial charge in [-0.1, -0.05) is 0 Å². The summed E-state index contributed by atoms with van der Waals surface area (Å²) in [5.41, 5.74) is 3.80. The fourth-order valence-electron chi connectivity index (χ4n) is 3.93. The van der Waals surface area contributed by atoms with E-state index in [0.717, 1.165) is 11.1 Å². The Labute approximate surface area is 238 Å². The predicted octanol–water partition coefficient (Wildman–Crippen LogP) is 5.23. The van der Waals surface area contributed by atoms with Crippen LogP contribution in [0.5, 0.6) is 11.6 Å². The molecule has 3 heterocycles. The summed E-state index contributed by atoms with van der Waals surface area (Å²) < 4.78 is 32.4. The van der Waals surface area contributed by atoms with Crippen molar-refractivity contribution in [2.24, 2.45) is 0 Å². The van der Waals surface area contributed by atoms with Gasteiger partial charge in [0.2, 0.25) is 5.88 Å². The topological polar surface area (TPSA) is 141 Å². The van der Waals surface area contributed by atoms with Gasteiger partial charge in [0.25, 0.3) is 0 Å². The van der Waals surface area contributed by atoms with E-state index >= 15 is 4.39 Å². The van der Waals surface area contributed by atoms with Crippen molar-refractivity contribution in [2.75, 3.05) is 18.5 Å². The number of carbonyl (C=O) groups is 1. The minimum Gasteiger partial charge on any atom is -0.484 e. The van der Waals surface area contributed by atoms with Crippen molar-refractivity contribution in [1.29, 1.82) is 0 Å². The van der Waals surface area contributed by atoms with Gasteiger partial charge >= 0.3 is 6.09 Å². The SMILES string of the molecule is Cc1cc(-c2nc3cc(F)c(O[C@@H](C)[C@@H](C)OC(=O)Nc4cnc(C)nc4)cc3s2)c2ncc(OCCO)nc2c1. The van der Waals surface area contributed by atoms with Crippen LogP contribution in [-0.4, -0.2) is 61.5 Å². The molecule has 0 radical (unpaired) electrons. The van der Waals surface area contributed by atoms with Crippen molar-refractivity contribution >= 4 is 44.4 Å². The average Bonchev–Trinajstić information content (AvgIpc) is 3.35. The average molecular weight is 579 g/mol. The zero-order chi connectivity index (χ0) is 29.1. The van der Waals surface area contributed by atoms with E-state index in [4.69, 9.17) is 19.3 Å². The van der Waals surface area contributed by atoms with Gasteiger partial charge in [-0.15, -0.1) is 11.3 Å². The summed E-state index contributed by atoms with van der Waals surface area (Å²) in [6.07, 6.45) is 2.38. The Hall–Kier alpha value is -4.49. The number of aliphatic hydroxyl groups excluding tert-OH is 1. The van der Waals surface area contributed by atoms with Crippen molar-refractivity contribution < 1.29 is 28.5 Å². The first-order chi connectivity index (χ1) is 19.7. The number of ether oxygens (including phenoxy) is 3. The van der Waals surface area contributed by atoms with E-state index in [9.17, 15) is 4.79 Å². The maximum atomic E-state index is 15.1. The molecule has 5 aromatic rings. The molecular formula is C28H27FN6O5S. The van der Waals surface area contributed by atoms with Crippen molar-refractivity contribution in [2.45, 2.75) is 39.9 Å². The molecule has 0 unspecified atom stereocenters. The van der Waals surface area contributed by atoms with E-state index in [1.807, 2.05) is 19.1 Å². The Bertz CT molecular complexity index is 1710. The maximum absolute atomic E-state index is 15.1. The van der Waals surface area contributed by atoms with E-state index in [1.165, 1.54) is 36.0 Å². The molecule has 2 N–H and O–H groups in total. The molecular weight excluding hydrogens is 551 g/mol. The number of nitrogens with zero attached hydrogens (tertiary/aromatic N) is 5.